The molecule has 1 rings (SSSR count). The van der Waals surface area contributed by atoms with Gasteiger partial charge in [-0.05, 0) is 70.2 Å². The zero-order valence-electron chi connectivity index (χ0n) is 13.9. The summed E-state index contributed by atoms with van der Waals surface area (Å²) in [5.41, 5.74) is 4.11. The molecule has 3 nitrogen and oxygen atoms in total. The van der Waals surface area contributed by atoms with Gasteiger partial charge in [-0.2, -0.15) is 0 Å². The van der Waals surface area contributed by atoms with Crippen molar-refractivity contribution in [3.05, 3.63) is 29.3 Å². The van der Waals surface area contributed by atoms with E-state index in [1.165, 1.54) is 29.7 Å². The summed E-state index contributed by atoms with van der Waals surface area (Å²) in [5.74, 6) is 0. The van der Waals surface area contributed by atoms with E-state index in [1.54, 1.807) is 0 Å². The molecule has 0 atom stereocenters. The molecule has 0 aliphatic carbocycles. The Balaban J connectivity index is 2.52. The van der Waals surface area contributed by atoms with Crippen molar-refractivity contribution in [2.24, 2.45) is 0 Å². The van der Waals surface area contributed by atoms with Gasteiger partial charge >= 0.3 is 0 Å². The highest BCUT2D eigenvalue weighted by atomic mass is 15.1. The van der Waals surface area contributed by atoms with Crippen LogP contribution in [0.1, 0.15) is 30.9 Å². The Morgan fingerprint density at radius 2 is 1.85 bits per heavy atom. The maximum absolute atomic E-state index is 3.47. The number of hydrogen-bond donors (Lipinski definition) is 1. The van der Waals surface area contributed by atoms with E-state index in [-0.39, 0.29) is 0 Å². The first kappa shape index (κ1) is 17.0. The first-order chi connectivity index (χ1) is 9.54. The van der Waals surface area contributed by atoms with Gasteiger partial charge in [-0.15, -0.1) is 0 Å². The smallest absolute Gasteiger partial charge is 0.0366 e. The zero-order chi connectivity index (χ0) is 15.0. The average Bonchev–Trinajstić information content (AvgIpc) is 2.40. The molecule has 0 aliphatic heterocycles. The van der Waals surface area contributed by atoms with Gasteiger partial charge in [0.15, 0.2) is 0 Å². The number of benzene rings is 1. The van der Waals surface area contributed by atoms with Crippen LogP contribution in [-0.4, -0.2) is 45.7 Å². The Hall–Kier alpha value is -1.06. The van der Waals surface area contributed by atoms with Gasteiger partial charge in [-0.1, -0.05) is 13.0 Å². The molecule has 0 amide bonds. The van der Waals surface area contributed by atoms with Gasteiger partial charge in [-0.25, -0.2) is 0 Å². The van der Waals surface area contributed by atoms with Crippen molar-refractivity contribution < 1.29 is 0 Å². The summed E-state index contributed by atoms with van der Waals surface area (Å²) in [4.78, 5) is 4.58. The second kappa shape index (κ2) is 8.98. The molecule has 0 unspecified atom stereocenters. The molecule has 0 bridgehead atoms. The van der Waals surface area contributed by atoms with Crippen LogP contribution >= 0.6 is 0 Å². The lowest BCUT2D eigenvalue weighted by Crippen LogP contribution is -2.23. The van der Waals surface area contributed by atoms with E-state index in [0.717, 1.165) is 26.2 Å². The van der Waals surface area contributed by atoms with Gasteiger partial charge in [0.05, 0.1) is 0 Å². The van der Waals surface area contributed by atoms with Crippen molar-refractivity contribution in [2.75, 3.05) is 45.7 Å². The standard InChI is InChI=1S/C17H31N3/c1-6-10-18-14-16-8-9-17(13-15(16)2)20(5)12-7-11-19(3)4/h8-9,13,18H,6-7,10-12,14H2,1-5H3. The summed E-state index contributed by atoms with van der Waals surface area (Å²) in [6, 6.07) is 6.81. The topological polar surface area (TPSA) is 18.5 Å². The molecule has 0 radical (unpaired) electrons. The molecule has 1 aromatic carbocycles. The largest absolute Gasteiger partial charge is 0.375 e. The van der Waals surface area contributed by atoms with E-state index in [9.17, 15) is 0 Å². The normalized spacial score (nSPS) is 11.1. The predicted molar refractivity (Wildman–Crippen MR) is 89.6 cm³/mol. The molecular weight excluding hydrogens is 246 g/mol. The van der Waals surface area contributed by atoms with Gasteiger partial charge in [0.25, 0.3) is 0 Å². The van der Waals surface area contributed by atoms with Crippen LogP contribution in [0.3, 0.4) is 0 Å². The summed E-state index contributed by atoms with van der Waals surface area (Å²) in [6.45, 7) is 8.72. The van der Waals surface area contributed by atoms with Gasteiger partial charge in [-0.3, -0.25) is 0 Å². The first-order valence-corrected chi connectivity index (χ1v) is 7.70. The van der Waals surface area contributed by atoms with Gasteiger partial charge in [0.2, 0.25) is 0 Å². The summed E-state index contributed by atoms with van der Waals surface area (Å²) in [5, 5.41) is 3.47. The van der Waals surface area contributed by atoms with Crippen molar-refractivity contribution in [1.82, 2.24) is 10.2 Å². The van der Waals surface area contributed by atoms with Crippen LogP contribution in [-0.2, 0) is 6.54 Å². The van der Waals surface area contributed by atoms with E-state index in [1.807, 2.05) is 0 Å². The minimum Gasteiger partial charge on any atom is -0.375 e. The van der Waals surface area contributed by atoms with Crippen LogP contribution < -0.4 is 10.2 Å². The Labute approximate surface area is 125 Å². The van der Waals surface area contributed by atoms with Crippen LogP contribution in [0.15, 0.2) is 18.2 Å². The Bertz CT molecular complexity index is 388. The second-order valence-electron chi connectivity index (χ2n) is 5.87. The van der Waals surface area contributed by atoms with Crippen LogP contribution in [0.25, 0.3) is 0 Å². The summed E-state index contributed by atoms with van der Waals surface area (Å²) < 4.78 is 0. The van der Waals surface area contributed by atoms with Crippen molar-refractivity contribution in [3.63, 3.8) is 0 Å². The summed E-state index contributed by atoms with van der Waals surface area (Å²) in [7, 11) is 6.43. The number of aryl methyl sites for hydroxylation is 1. The first-order valence-electron chi connectivity index (χ1n) is 7.70. The molecule has 0 aromatic heterocycles. The summed E-state index contributed by atoms with van der Waals surface area (Å²) in [6.07, 6.45) is 2.38. The number of rotatable bonds is 9. The van der Waals surface area contributed by atoms with Crippen molar-refractivity contribution in [2.45, 2.75) is 33.2 Å². The van der Waals surface area contributed by atoms with Crippen LogP contribution in [0.5, 0.6) is 0 Å². The van der Waals surface area contributed by atoms with Crippen molar-refractivity contribution in [1.29, 1.82) is 0 Å². The molecule has 0 aliphatic rings. The highest BCUT2D eigenvalue weighted by molar-refractivity contribution is 5.50. The lowest BCUT2D eigenvalue weighted by atomic mass is 10.1. The van der Waals surface area contributed by atoms with E-state index < -0.39 is 0 Å². The number of nitrogens with one attached hydrogen (secondary N) is 1. The lowest BCUT2D eigenvalue weighted by molar-refractivity contribution is 0.401. The molecule has 0 saturated heterocycles. The minimum atomic E-state index is 0.976. The molecule has 1 N–H and O–H groups in total. The molecule has 0 spiro atoms. The highest BCUT2D eigenvalue weighted by Gasteiger charge is 2.04. The number of nitrogens with zero attached hydrogens (tertiary/aromatic N) is 2. The molecule has 3 heteroatoms. The fraction of sp³-hybridized carbons (Fsp3) is 0.647. The molecule has 114 valence electrons. The molecule has 1 aromatic rings. The molecule has 0 saturated carbocycles. The SMILES string of the molecule is CCCNCc1ccc(N(C)CCCN(C)C)cc1C. The van der Waals surface area contributed by atoms with E-state index in [4.69, 9.17) is 0 Å². The number of anilines is 1. The van der Waals surface area contributed by atoms with Gasteiger partial charge in [0, 0.05) is 25.8 Å². The van der Waals surface area contributed by atoms with E-state index >= 15 is 0 Å². The second-order valence-corrected chi connectivity index (χ2v) is 5.87. The Kier molecular flexibility index (Phi) is 7.63. The maximum atomic E-state index is 3.47. The van der Waals surface area contributed by atoms with Crippen LogP contribution in [0.2, 0.25) is 0 Å². The predicted octanol–water partition coefficient (Wildman–Crippen LogP) is 2.88. The van der Waals surface area contributed by atoms with Crippen LogP contribution in [0.4, 0.5) is 5.69 Å². The number of hydrogen-bond acceptors (Lipinski definition) is 3. The maximum Gasteiger partial charge on any atom is 0.0366 e. The Morgan fingerprint density at radius 3 is 2.45 bits per heavy atom. The monoisotopic (exact) mass is 277 g/mol. The Morgan fingerprint density at radius 1 is 1.10 bits per heavy atom. The van der Waals surface area contributed by atoms with Crippen molar-refractivity contribution >= 4 is 5.69 Å². The van der Waals surface area contributed by atoms with Gasteiger partial charge in [0.1, 0.15) is 0 Å². The highest BCUT2D eigenvalue weighted by Crippen LogP contribution is 2.18. The fourth-order valence-electron chi connectivity index (χ4n) is 2.27. The average molecular weight is 277 g/mol. The third kappa shape index (κ3) is 5.93. The quantitative estimate of drug-likeness (QED) is 0.700. The summed E-state index contributed by atoms with van der Waals surface area (Å²) >= 11 is 0. The zero-order valence-corrected chi connectivity index (χ0v) is 13.9. The molecule has 20 heavy (non-hydrogen) atoms. The van der Waals surface area contributed by atoms with Crippen LogP contribution in [0, 0.1) is 6.92 Å². The van der Waals surface area contributed by atoms with Gasteiger partial charge < -0.3 is 15.1 Å². The molecule has 0 heterocycles. The van der Waals surface area contributed by atoms with Crippen molar-refractivity contribution in [3.8, 4) is 0 Å². The molecule has 0 fully saturated rings. The third-order valence-electron chi connectivity index (χ3n) is 3.61. The molecular formula is C17H31N3. The fourth-order valence-corrected chi connectivity index (χ4v) is 2.27. The third-order valence-corrected chi connectivity index (χ3v) is 3.61. The van der Waals surface area contributed by atoms with E-state index in [2.05, 4.69) is 68.3 Å². The van der Waals surface area contributed by atoms with E-state index in [0.29, 0.717) is 0 Å². The lowest BCUT2D eigenvalue weighted by Gasteiger charge is -2.21. The minimum absolute atomic E-state index is 0.976.